The zero-order valence-corrected chi connectivity index (χ0v) is 56.0. The molecule has 6 saturated heterocycles. The number of amidine groups is 1. The molecule has 3 amide bonds. The lowest BCUT2D eigenvalue weighted by Crippen LogP contribution is -2.48. The largest absolute Gasteiger partial charge is 0.479 e. The number of ether oxygens (including phenoxy) is 6. The van der Waals surface area contributed by atoms with Crippen LogP contribution in [0.2, 0.25) is 0 Å². The van der Waals surface area contributed by atoms with Crippen LogP contribution in [0, 0.1) is 33.8 Å². The number of aliphatic hydroxyl groups excluding tert-OH is 1. The summed E-state index contributed by atoms with van der Waals surface area (Å²) in [5.41, 5.74) is -0.279. The highest BCUT2D eigenvalue weighted by Gasteiger charge is 2.47. The summed E-state index contributed by atoms with van der Waals surface area (Å²) in [5.74, 6) is 3.64. The maximum Gasteiger partial charge on any atom is 0.410 e. The van der Waals surface area contributed by atoms with Gasteiger partial charge < -0.3 is 72.2 Å². The first-order valence-corrected chi connectivity index (χ1v) is 33.4. The van der Waals surface area contributed by atoms with E-state index >= 15 is 0 Å². The van der Waals surface area contributed by atoms with E-state index in [0.717, 1.165) is 113 Å². The van der Waals surface area contributed by atoms with Crippen LogP contribution in [-0.4, -0.2) is 187 Å². The fraction of sp³-hybridized carbons (Fsp3) is 0.839. The Morgan fingerprint density at radius 3 is 1.44 bits per heavy atom. The van der Waals surface area contributed by atoms with Gasteiger partial charge in [0.25, 0.3) is 0 Å². The topological polar surface area (TPSA) is 310 Å². The first-order valence-electron chi connectivity index (χ1n) is 31.7. The second kappa shape index (κ2) is 34.2. The first-order chi connectivity index (χ1) is 41.8. The average molecular weight is 1280 g/mol. The second-order valence-corrected chi connectivity index (χ2v) is 29.8. The van der Waals surface area contributed by atoms with Crippen molar-refractivity contribution in [2.75, 3.05) is 61.0 Å². The van der Waals surface area contributed by atoms with Gasteiger partial charge in [-0.1, -0.05) is 23.6 Å². The van der Waals surface area contributed by atoms with Crippen molar-refractivity contribution >= 4 is 55.3 Å². The van der Waals surface area contributed by atoms with E-state index in [1.165, 1.54) is 67.0 Å². The number of rotatable bonds is 10. The monoisotopic (exact) mass is 1280 g/mol. The van der Waals surface area contributed by atoms with Crippen LogP contribution in [0.3, 0.4) is 0 Å². The number of hydrogen-bond acceptors (Lipinski definition) is 22. The lowest BCUT2D eigenvalue weighted by molar-refractivity contribution is -0.352. The van der Waals surface area contributed by atoms with Crippen LogP contribution in [-0.2, 0) is 66.1 Å². The number of nitro groups is 1. The van der Waals surface area contributed by atoms with Gasteiger partial charge in [0.2, 0.25) is 5.90 Å². The molecule has 0 spiro atoms. The summed E-state index contributed by atoms with van der Waals surface area (Å²) in [6.45, 7) is 19.1. The van der Waals surface area contributed by atoms with Crippen LogP contribution in [0.15, 0.2) is 22.0 Å². The summed E-state index contributed by atoms with van der Waals surface area (Å²) < 4.78 is 51.1. The normalized spacial score (nSPS) is 27.0. The van der Waals surface area contributed by atoms with Crippen LogP contribution in [0.1, 0.15) is 197 Å². The molecule has 27 heteroatoms. The number of Topliss-reactive ketones (excluding diaryl/α,β-unsaturated/α-hetero) is 1. The summed E-state index contributed by atoms with van der Waals surface area (Å²) in [4.78, 5) is 93.9. The predicted octanol–water partition coefficient (Wildman–Crippen LogP) is 10.9. The van der Waals surface area contributed by atoms with E-state index in [1.807, 2.05) is 72.1 Å². The Labute approximate surface area is 525 Å². The standard InChI is InChI=1S/C15H23NO4.C14H25NO3.C13H21NO2.C12H19NO3.C5H11O5P.C3H4N2O3/c1-15(2,3)20-14(18)16-11-5-6-12(16)8-10(7-11)9-13(17)19-4;1-14(2,3)18-13(17)15-11-4-5-12(15)9-10(8-11)6-7-16;1-2-11-7-10(1)8-12(9-11)3-5-15-13-4-6-16-14-13;1-12(2,3)16-11(15)13-8-4-5-9(13)7-10(14)6-8;1-8-5(6)4-11(7,9-2)10-3;6-5(7)3-1-2-8-4-3/h9,11-12H,5-8H2,1-4H3;10-12,16H,4-9H2,1-3H3;10-12H,1-9H2;8-9H,4-7H2,1-3H3;4H2,1-3H3;1-2H2. The minimum absolute atomic E-state index is 0.0787. The number of oxime groups is 2. The van der Waals surface area contributed by atoms with Gasteiger partial charge in [-0.05, 0) is 187 Å². The number of methoxy groups -OCH3 is 2. The molecule has 8 atom stereocenters. The highest BCUT2D eigenvalue weighted by Crippen LogP contribution is 2.47. The Bertz CT molecular complexity index is 2460. The molecule has 0 radical (unpaired) electrons. The molecule has 506 valence electrons. The third-order valence-electron chi connectivity index (χ3n) is 17.1. The van der Waals surface area contributed by atoms with Crippen molar-refractivity contribution in [3.05, 3.63) is 21.8 Å². The van der Waals surface area contributed by atoms with E-state index in [4.69, 9.17) is 28.9 Å². The van der Waals surface area contributed by atoms with E-state index in [9.17, 15) is 43.4 Å². The molecule has 0 aromatic carbocycles. The Morgan fingerprint density at radius 2 is 1.06 bits per heavy atom. The van der Waals surface area contributed by atoms with Crippen molar-refractivity contribution in [2.24, 2.45) is 34.0 Å². The summed E-state index contributed by atoms with van der Waals surface area (Å²) in [7, 11) is 1.79. The Balaban J connectivity index is 0.000000198. The molecule has 8 unspecified atom stereocenters. The molecular weight excluding hydrogens is 1180 g/mol. The lowest BCUT2D eigenvalue weighted by atomic mass is 9.80. The SMILES string of the molecule is C1CC(OCCC2CC3CCC(C2)C3)=NO1.CC(C)(C)OC(=O)N1C2CCC1CC(=O)C2.CC(C)(C)OC(=O)N1C2CCC1CC(CCO)C2.COC(=O)C=C1CC2CCC(C1)N2C(=O)OC(C)(C)C.COC(=O)CP(=O)(OC)OC.O=[N+]([O-])C1=NOCC1. The number of amides is 3. The molecule has 26 nitrogen and oxygen atoms in total. The molecule has 10 aliphatic rings. The summed E-state index contributed by atoms with van der Waals surface area (Å²) in [6, 6.07) is 1.13. The number of hydrogen-bond donors (Lipinski definition) is 1. The van der Waals surface area contributed by atoms with Crippen molar-refractivity contribution in [1.29, 1.82) is 0 Å². The fourth-order valence-corrected chi connectivity index (χ4v) is 14.2. The molecule has 8 fully saturated rings. The fourth-order valence-electron chi connectivity index (χ4n) is 13.4. The maximum atomic E-state index is 12.3. The molecule has 8 heterocycles. The van der Waals surface area contributed by atoms with Crippen LogP contribution in [0.4, 0.5) is 14.4 Å². The predicted molar refractivity (Wildman–Crippen MR) is 328 cm³/mol. The van der Waals surface area contributed by atoms with E-state index in [-0.39, 0.29) is 72.8 Å². The second-order valence-electron chi connectivity index (χ2n) is 27.5. The summed E-state index contributed by atoms with van der Waals surface area (Å²) >= 11 is 0. The minimum atomic E-state index is -3.23. The summed E-state index contributed by atoms with van der Waals surface area (Å²) in [5, 5.41) is 25.8. The zero-order chi connectivity index (χ0) is 65.9. The van der Waals surface area contributed by atoms with Crippen LogP contribution in [0.25, 0.3) is 0 Å². The van der Waals surface area contributed by atoms with Gasteiger partial charge in [0.15, 0.2) is 11.8 Å². The molecule has 0 aromatic heterocycles. The van der Waals surface area contributed by atoms with Gasteiger partial charge in [-0.3, -0.25) is 19.0 Å². The number of ketones is 1. The molecule has 8 aliphatic heterocycles. The van der Waals surface area contributed by atoms with E-state index in [1.54, 1.807) is 11.0 Å². The van der Waals surface area contributed by atoms with Crippen LogP contribution < -0.4 is 0 Å². The van der Waals surface area contributed by atoms with Gasteiger partial charge >= 0.3 is 43.6 Å². The lowest BCUT2D eigenvalue weighted by Gasteiger charge is -2.39. The van der Waals surface area contributed by atoms with Gasteiger partial charge in [0, 0.05) is 76.0 Å². The Kier molecular flexibility index (Phi) is 28.5. The smallest absolute Gasteiger partial charge is 0.410 e. The van der Waals surface area contributed by atoms with Gasteiger partial charge in [0.1, 0.15) is 41.8 Å². The first kappa shape index (κ1) is 74.1. The quantitative estimate of drug-likeness (QED) is 0.0530. The molecule has 10 rings (SSSR count). The molecule has 0 aromatic rings. The molecule has 1 N–H and O–H groups in total. The number of carbonyl (C=O) groups excluding carboxylic acids is 6. The van der Waals surface area contributed by atoms with E-state index in [2.05, 4.69) is 33.7 Å². The average Bonchev–Trinajstić information content (AvgIpc) is 1.93. The molecule has 89 heavy (non-hydrogen) atoms. The van der Waals surface area contributed by atoms with E-state index < -0.39 is 35.3 Å². The number of fused-ring (bicyclic) bond motifs is 8. The zero-order valence-electron chi connectivity index (χ0n) is 55.1. The van der Waals surface area contributed by atoms with Crippen molar-refractivity contribution < 1.29 is 90.5 Å². The minimum Gasteiger partial charge on any atom is -0.479 e. The number of esters is 2. The number of carbonyl (C=O) groups is 6. The number of piperidine rings is 3. The van der Waals surface area contributed by atoms with Crippen molar-refractivity contribution in [3.63, 3.8) is 0 Å². The molecule has 8 bridgehead atoms. The van der Waals surface area contributed by atoms with E-state index in [0.29, 0.717) is 50.5 Å². The van der Waals surface area contributed by atoms with Gasteiger partial charge in [-0.2, -0.15) is 0 Å². The third kappa shape index (κ3) is 24.5. The Hall–Kier alpha value is -5.59. The van der Waals surface area contributed by atoms with Gasteiger partial charge in [0.05, 0.1) is 27.2 Å². The van der Waals surface area contributed by atoms with Crippen molar-refractivity contribution in [3.8, 4) is 0 Å². The van der Waals surface area contributed by atoms with Crippen LogP contribution >= 0.6 is 7.60 Å². The molecular formula is C62H103N6O20P. The number of nitrogens with zero attached hydrogens (tertiary/aromatic N) is 6. The Morgan fingerprint density at radius 1 is 0.618 bits per heavy atom. The van der Waals surface area contributed by atoms with Gasteiger partial charge in [-0.15, -0.1) is 0 Å². The highest BCUT2D eigenvalue weighted by atomic mass is 31.2. The highest BCUT2D eigenvalue weighted by molar-refractivity contribution is 7.54. The summed E-state index contributed by atoms with van der Waals surface area (Å²) in [6.07, 6.45) is 21.8. The van der Waals surface area contributed by atoms with Crippen molar-refractivity contribution in [2.45, 2.75) is 250 Å². The van der Waals surface area contributed by atoms with Gasteiger partial charge in [-0.25, -0.2) is 19.2 Å². The number of aliphatic hydroxyl groups is 1. The third-order valence-corrected chi connectivity index (χ3v) is 18.9. The molecule has 2 saturated carbocycles. The maximum absolute atomic E-state index is 12.3. The van der Waals surface area contributed by atoms with Crippen molar-refractivity contribution in [1.82, 2.24) is 14.7 Å². The molecule has 2 aliphatic carbocycles. The van der Waals surface area contributed by atoms with Crippen LogP contribution in [0.5, 0.6) is 0 Å².